The van der Waals surface area contributed by atoms with Gasteiger partial charge in [0, 0.05) is 25.1 Å². The molecule has 1 aromatic rings. The van der Waals surface area contributed by atoms with Crippen molar-refractivity contribution in [2.24, 2.45) is 0 Å². The molecule has 0 aliphatic carbocycles. The molecule has 0 heterocycles. The standard InChI is InChI=1S/C15H23NO2/c1-5-13-6-7-15(18-4)14(10-13)11-16(3)9-8-12(2)17/h6-7,10H,5,8-9,11H2,1-4H3. The van der Waals surface area contributed by atoms with Crippen molar-refractivity contribution in [2.75, 3.05) is 20.7 Å². The number of carbonyl (C=O) groups excluding carboxylic acids is 1. The Labute approximate surface area is 110 Å². The molecule has 100 valence electrons. The highest BCUT2D eigenvalue weighted by molar-refractivity contribution is 5.75. The Hall–Kier alpha value is -1.35. The highest BCUT2D eigenvalue weighted by Gasteiger charge is 2.08. The summed E-state index contributed by atoms with van der Waals surface area (Å²) in [6.45, 7) is 5.37. The summed E-state index contributed by atoms with van der Waals surface area (Å²) in [6, 6.07) is 6.30. The second-order valence-electron chi connectivity index (χ2n) is 4.69. The predicted octanol–water partition coefficient (Wildman–Crippen LogP) is 2.67. The minimum Gasteiger partial charge on any atom is -0.496 e. The van der Waals surface area contributed by atoms with Crippen LogP contribution in [-0.2, 0) is 17.8 Å². The van der Waals surface area contributed by atoms with Crippen LogP contribution >= 0.6 is 0 Å². The van der Waals surface area contributed by atoms with E-state index < -0.39 is 0 Å². The molecule has 0 spiro atoms. The molecule has 3 heteroatoms. The zero-order valence-corrected chi connectivity index (χ0v) is 11.8. The minimum atomic E-state index is 0.233. The number of hydrogen-bond donors (Lipinski definition) is 0. The molecule has 1 rings (SSSR count). The van der Waals surface area contributed by atoms with Gasteiger partial charge in [0.05, 0.1) is 7.11 Å². The Morgan fingerprint density at radius 2 is 2.11 bits per heavy atom. The zero-order valence-electron chi connectivity index (χ0n) is 11.8. The third-order valence-corrected chi connectivity index (χ3v) is 3.04. The fraction of sp³-hybridized carbons (Fsp3) is 0.533. The van der Waals surface area contributed by atoms with Crippen LogP contribution in [0.2, 0.25) is 0 Å². The molecule has 0 aliphatic rings. The molecule has 0 unspecified atom stereocenters. The smallest absolute Gasteiger partial charge is 0.131 e. The molecule has 1 aromatic carbocycles. The number of Topliss-reactive ketones (excluding diaryl/α,β-unsaturated/α-hetero) is 1. The van der Waals surface area contributed by atoms with Crippen molar-refractivity contribution in [3.63, 3.8) is 0 Å². The molecule has 0 fully saturated rings. The second-order valence-corrected chi connectivity index (χ2v) is 4.69. The van der Waals surface area contributed by atoms with Crippen molar-refractivity contribution < 1.29 is 9.53 Å². The second kappa shape index (κ2) is 7.17. The summed E-state index contributed by atoms with van der Waals surface area (Å²) in [4.78, 5) is 13.1. The van der Waals surface area contributed by atoms with Gasteiger partial charge in [-0.25, -0.2) is 0 Å². The highest BCUT2D eigenvalue weighted by atomic mass is 16.5. The lowest BCUT2D eigenvalue weighted by molar-refractivity contribution is -0.117. The maximum absolute atomic E-state index is 11.0. The number of benzene rings is 1. The van der Waals surface area contributed by atoms with Gasteiger partial charge in [0.2, 0.25) is 0 Å². The van der Waals surface area contributed by atoms with Crippen molar-refractivity contribution in [2.45, 2.75) is 33.2 Å². The van der Waals surface area contributed by atoms with E-state index in [0.29, 0.717) is 6.42 Å². The van der Waals surface area contributed by atoms with Gasteiger partial charge in [-0.15, -0.1) is 0 Å². The Morgan fingerprint density at radius 1 is 1.39 bits per heavy atom. The first-order valence-electron chi connectivity index (χ1n) is 6.40. The topological polar surface area (TPSA) is 29.5 Å². The molecule has 0 atom stereocenters. The molecule has 3 nitrogen and oxygen atoms in total. The van der Waals surface area contributed by atoms with Gasteiger partial charge < -0.3 is 9.64 Å². The van der Waals surface area contributed by atoms with E-state index in [9.17, 15) is 4.79 Å². The van der Waals surface area contributed by atoms with Gasteiger partial charge in [0.15, 0.2) is 0 Å². The Kier molecular flexibility index (Phi) is 5.86. The number of carbonyl (C=O) groups is 1. The van der Waals surface area contributed by atoms with Crippen LogP contribution < -0.4 is 4.74 Å². The number of methoxy groups -OCH3 is 1. The van der Waals surface area contributed by atoms with Crippen LogP contribution in [0, 0.1) is 0 Å². The first kappa shape index (κ1) is 14.7. The quantitative estimate of drug-likeness (QED) is 0.744. The van der Waals surface area contributed by atoms with Crippen LogP contribution in [0.25, 0.3) is 0 Å². The van der Waals surface area contributed by atoms with Crippen molar-refractivity contribution in [1.29, 1.82) is 0 Å². The van der Waals surface area contributed by atoms with Crippen LogP contribution in [0.1, 0.15) is 31.4 Å². The Morgan fingerprint density at radius 3 is 2.67 bits per heavy atom. The number of aryl methyl sites for hydroxylation is 1. The van der Waals surface area contributed by atoms with Gasteiger partial charge in [-0.3, -0.25) is 4.79 Å². The van der Waals surface area contributed by atoms with Crippen LogP contribution in [0.5, 0.6) is 5.75 Å². The lowest BCUT2D eigenvalue weighted by Gasteiger charge is -2.18. The van der Waals surface area contributed by atoms with Gasteiger partial charge in [-0.2, -0.15) is 0 Å². The van der Waals surface area contributed by atoms with Crippen LogP contribution in [0.3, 0.4) is 0 Å². The average Bonchev–Trinajstić information content (AvgIpc) is 2.36. The highest BCUT2D eigenvalue weighted by Crippen LogP contribution is 2.21. The third kappa shape index (κ3) is 4.49. The predicted molar refractivity (Wildman–Crippen MR) is 74.0 cm³/mol. The van der Waals surface area contributed by atoms with Gasteiger partial charge in [-0.1, -0.05) is 19.1 Å². The van der Waals surface area contributed by atoms with E-state index in [-0.39, 0.29) is 5.78 Å². The van der Waals surface area contributed by atoms with E-state index >= 15 is 0 Å². The number of rotatable bonds is 7. The molecule has 18 heavy (non-hydrogen) atoms. The van der Waals surface area contributed by atoms with Gasteiger partial charge in [0.25, 0.3) is 0 Å². The first-order chi connectivity index (χ1) is 8.56. The van der Waals surface area contributed by atoms with Crippen LogP contribution in [0.4, 0.5) is 0 Å². The first-order valence-corrected chi connectivity index (χ1v) is 6.40. The van der Waals surface area contributed by atoms with Crippen LogP contribution in [0.15, 0.2) is 18.2 Å². The summed E-state index contributed by atoms with van der Waals surface area (Å²) in [7, 11) is 3.72. The summed E-state index contributed by atoms with van der Waals surface area (Å²) in [5.41, 5.74) is 2.49. The zero-order chi connectivity index (χ0) is 13.5. The number of hydrogen-bond acceptors (Lipinski definition) is 3. The summed E-state index contributed by atoms with van der Waals surface area (Å²) < 4.78 is 5.38. The summed E-state index contributed by atoms with van der Waals surface area (Å²) >= 11 is 0. The summed E-state index contributed by atoms with van der Waals surface area (Å²) in [5, 5.41) is 0. The Balaban J connectivity index is 2.71. The minimum absolute atomic E-state index is 0.233. The third-order valence-electron chi connectivity index (χ3n) is 3.04. The van der Waals surface area contributed by atoms with Crippen molar-refractivity contribution in [3.05, 3.63) is 29.3 Å². The van der Waals surface area contributed by atoms with E-state index in [2.05, 4.69) is 24.0 Å². The molecule has 0 saturated heterocycles. The molecular weight excluding hydrogens is 226 g/mol. The van der Waals surface area contributed by atoms with Crippen molar-refractivity contribution in [1.82, 2.24) is 4.90 Å². The monoisotopic (exact) mass is 249 g/mol. The lowest BCUT2D eigenvalue weighted by atomic mass is 10.1. The average molecular weight is 249 g/mol. The van der Waals surface area contributed by atoms with Crippen molar-refractivity contribution in [3.8, 4) is 5.75 Å². The maximum Gasteiger partial charge on any atom is 0.131 e. The van der Waals surface area contributed by atoms with Gasteiger partial charge in [-0.05, 0) is 32.0 Å². The largest absolute Gasteiger partial charge is 0.496 e. The van der Waals surface area contributed by atoms with Gasteiger partial charge in [0.1, 0.15) is 11.5 Å². The van der Waals surface area contributed by atoms with E-state index in [1.54, 1.807) is 14.0 Å². The fourth-order valence-corrected chi connectivity index (χ4v) is 1.89. The lowest BCUT2D eigenvalue weighted by Crippen LogP contribution is -2.21. The molecule has 0 saturated carbocycles. The van der Waals surface area contributed by atoms with E-state index in [1.807, 2.05) is 13.1 Å². The summed E-state index contributed by atoms with van der Waals surface area (Å²) in [5.74, 6) is 1.15. The molecule has 0 bridgehead atoms. The molecular formula is C15H23NO2. The number of ether oxygens (including phenoxy) is 1. The van der Waals surface area contributed by atoms with Crippen molar-refractivity contribution >= 4 is 5.78 Å². The van der Waals surface area contributed by atoms with E-state index in [4.69, 9.17) is 4.74 Å². The molecule has 0 aromatic heterocycles. The SMILES string of the molecule is CCc1ccc(OC)c(CN(C)CCC(C)=O)c1. The fourth-order valence-electron chi connectivity index (χ4n) is 1.89. The summed E-state index contributed by atoms with van der Waals surface area (Å²) in [6.07, 6.45) is 1.63. The number of nitrogens with zero attached hydrogens (tertiary/aromatic N) is 1. The van der Waals surface area contributed by atoms with Gasteiger partial charge >= 0.3 is 0 Å². The molecule has 0 amide bonds. The maximum atomic E-state index is 11.0. The molecule has 0 N–H and O–H groups in total. The van der Waals surface area contributed by atoms with E-state index in [1.165, 1.54) is 11.1 Å². The number of ketones is 1. The van der Waals surface area contributed by atoms with E-state index in [0.717, 1.165) is 25.3 Å². The normalized spacial score (nSPS) is 10.7. The molecule has 0 radical (unpaired) electrons. The molecule has 0 aliphatic heterocycles. The van der Waals surface area contributed by atoms with Crippen LogP contribution in [-0.4, -0.2) is 31.4 Å². The Bertz CT molecular complexity index is 401.